The third kappa shape index (κ3) is 2.96. The molecule has 1 fully saturated rings. The first-order valence-electron chi connectivity index (χ1n) is 2.10. The topological polar surface area (TPSA) is 31.2 Å². The summed E-state index contributed by atoms with van der Waals surface area (Å²) >= 11 is 0. The average Bonchev–Trinajstić information content (AvgIpc) is 1.86. The number of nitrogens with zero attached hydrogens (tertiary/aromatic N) is 1. The molecule has 0 atom stereocenters. The van der Waals surface area contributed by atoms with Crippen LogP contribution >= 0.6 is 0 Å². The Balaban J connectivity index is 0.000000360. The monoisotopic (exact) mass is 169 g/mol. The second-order valence-corrected chi connectivity index (χ2v) is 1.38. The zero-order valence-corrected chi connectivity index (χ0v) is 9.39. The van der Waals surface area contributed by atoms with E-state index in [1.807, 2.05) is 0 Å². The predicted octanol–water partition coefficient (Wildman–Crippen LogP) is -2.32. The summed E-state index contributed by atoms with van der Waals surface area (Å²) in [5, 5.41) is 3.60. The number of hydrogen-bond acceptors (Lipinski definition) is 1. The molecule has 0 radical (unpaired) electrons. The summed E-state index contributed by atoms with van der Waals surface area (Å²) in [6, 6.07) is 0. The van der Waals surface area contributed by atoms with Gasteiger partial charge < -0.3 is 10.1 Å². The molecule has 34 valence electrons. The van der Waals surface area contributed by atoms with Crippen molar-refractivity contribution >= 4 is 5.91 Å². The fourth-order valence-electron chi connectivity index (χ4n) is 0.513. The van der Waals surface area contributed by atoms with Crippen molar-refractivity contribution in [2.24, 2.45) is 0 Å². The molecule has 1 amide bonds. The molecule has 1 aliphatic rings. The molecule has 0 unspecified atom stereocenters. The SMILES string of the molecule is O=C1CCC[N-]1.[Rb+]. The number of carbonyl (C=O) groups excluding carboxylic acids is 1. The van der Waals surface area contributed by atoms with Gasteiger partial charge >= 0.3 is 58.2 Å². The van der Waals surface area contributed by atoms with Crippen LogP contribution in [0.1, 0.15) is 12.8 Å². The Bertz CT molecular complexity index is 66.1. The molecule has 0 saturated carbocycles. The van der Waals surface area contributed by atoms with Crippen molar-refractivity contribution in [2.45, 2.75) is 12.8 Å². The molecule has 1 rings (SSSR count). The molecule has 0 aromatic heterocycles. The first-order chi connectivity index (χ1) is 2.89. The molecule has 0 aromatic carbocycles. The van der Waals surface area contributed by atoms with Gasteiger partial charge in [-0.15, -0.1) is 6.54 Å². The largest absolute Gasteiger partial charge is 1.00 e. The Labute approximate surface area is 91.8 Å². The molecule has 2 nitrogen and oxygen atoms in total. The van der Waals surface area contributed by atoms with E-state index in [2.05, 4.69) is 5.32 Å². The smallest absolute Gasteiger partial charge is 0.653 e. The van der Waals surface area contributed by atoms with Gasteiger partial charge in [-0.25, -0.2) is 0 Å². The number of amides is 1. The third-order valence-corrected chi connectivity index (χ3v) is 0.837. The first kappa shape index (κ1) is 8.28. The Morgan fingerprint density at radius 3 is 2.43 bits per heavy atom. The van der Waals surface area contributed by atoms with Gasteiger partial charge in [0, 0.05) is 0 Å². The minimum Gasteiger partial charge on any atom is -0.653 e. The Morgan fingerprint density at radius 1 is 1.57 bits per heavy atom. The van der Waals surface area contributed by atoms with Gasteiger partial charge in [-0.3, -0.25) is 0 Å². The fourth-order valence-corrected chi connectivity index (χ4v) is 0.513. The molecule has 1 aliphatic heterocycles. The van der Waals surface area contributed by atoms with Crippen LogP contribution in [0.4, 0.5) is 0 Å². The van der Waals surface area contributed by atoms with Crippen LogP contribution in [0.15, 0.2) is 0 Å². The normalized spacial score (nSPS) is 18.0. The quantitative estimate of drug-likeness (QED) is 0.401. The summed E-state index contributed by atoms with van der Waals surface area (Å²) in [6.07, 6.45) is 1.65. The van der Waals surface area contributed by atoms with Gasteiger partial charge in [0.2, 0.25) is 0 Å². The van der Waals surface area contributed by atoms with Crippen LogP contribution in [0.3, 0.4) is 0 Å². The number of rotatable bonds is 0. The zero-order valence-electron chi connectivity index (χ0n) is 4.48. The summed E-state index contributed by atoms with van der Waals surface area (Å²) in [6.45, 7) is 0.763. The van der Waals surface area contributed by atoms with E-state index >= 15 is 0 Å². The second kappa shape index (κ2) is 4.18. The molecule has 3 heteroatoms. The van der Waals surface area contributed by atoms with Crippen LogP contribution in [-0.4, -0.2) is 12.5 Å². The summed E-state index contributed by atoms with van der Waals surface area (Å²) in [4.78, 5) is 10.1. The molecule has 0 spiro atoms. The molecule has 0 aliphatic carbocycles. The van der Waals surface area contributed by atoms with E-state index in [9.17, 15) is 4.79 Å². The van der Waals surface area contributed by atoms with Crippen molar-refractivity contribution in [2.75, 3.05) is 6.54 Å². The van der Waals surface area contributed by atoms with Gasteiger partial charge in [-0.05, 0) is 6.42 Å². The summed E-state index contributed by atoms with van der Waals surface area (Å²) < 4.78 is 0. The minimum absolute atomic E-state index is 0. The third-order valence-electron chi connectivity index (χ3n) is 0.837. The van der Waals surface area contributed by atoms with E-state index in [1.165, 1.54) is 0 Å². The molecule has 1 heterocycles. The van der Waals surface area contributed by atoms with Crippen molar-refractivity contribution in [3.63, 3.8) is 0 Å². The molecule has 0 bridgehead atoms. The molecular weight excluding hydrogens is 164 g/mol. The average molecular weight is 170 g/mol. The van der Waals surface area contributed by atoms with Gasteiger partial charge in [-0.2, -0.15) is 0 Å². The van der Waals surface area contributed by atoms with Gasteiger partial charge in [0.15, 0.2) is 0 Å². The Hall–Kier alpha value is 1.28. The molecule has 0 N–H and O–H groups in total. The minimum atomic E-state index is 0. The molecule has 7 heavy (non-hydrogen) atoms. The van der Waals surface area contributed by atoms with Crippen molar-refractivity contribution in [1.82, 2.24) is 0 Å². The second-order valence-electron chi connectivity index (χ2n) is 1.38. The molecule has 0 aromatic rings. The van der Waals surface area contributed by atoms with Gasteiger partial charge in [-0.1, -0.05) is 6.42 Å². The number of carbonyl (C=O) groups is 1. The number of hydrogen-bond donors (Lipinski definition) is 0. The van der Waals surface area contributed by atoms with Crippen molar-refractivity contribution < 1.29 is 63.0 Å². The fraction of sp³-hybridized carbons (Fsp3) is 0.750. The Morgan fingerprint density at radius 2 is 2.29 bits per heavy atom. The van der Waals surface area contributed by atoms with E-state index in [4.69, 9.17) is 0 Å². The van der Waals surface area contributed by atoms with E-state index < -0.39 is 0 Å². The standard InChI is InChI=1S/C4H7NO.Rb/c6-4-2-1-3-5-4;/h1-3H2,(H,5,6);/q;+1/p-1. The first-order valence-corrected chi connectivity index (χ1v) is 2.10. The van der Waals surface area contributed by atoms with Crippen molar-refractivity contribution in [3.05, 3.63) is 5.32 Å². The van der Waals surface area contributed by atoms with Crippen molar-refractivity contribution in [1.29, 1.82) is 0 Å². The van der Waals surface area contributed by atoms with Crippen LogP contribution in [0.25, 0.3) is 5.32 Å². The molecular formula is C4H6NORb. The van der Waals surface area contributed by atoms with Gasteiger partial charge in [0.05, 0.1) is 5.91 Å². The van der Waals surface area contributed by atoms with Gasteiger partial charge in [0.1, 0.15) is 0 Å². The van der Waals surface area contributed by atoms with E-state index in [1.54, 1.807) is 0 Å². The van der Waals surface area contributed by atoms with Crippen LogP contribution in [0, 0.1) is 0 Å². The van der Waals surface area contributed by atoms with Crippen LogP contribution in [-0.2, 0) is 4.79 Å². The van der Waals surface area contributed by atoms with E-state index in [0.29, 0.717) is 6.42 Å². The maximum atomic E-state index is 10.1. The van der Waals surface area contributed by atoms with Crippen LogP contribution in [0.5, 0.6) is 0 Å². The van der Waals surface area contributed by atoms with Crippen LogP contribution < -0.4 is 58.2 Å². The maximum Gasteiger partial charge on any atom is 1.00 e. The van der Waals surface area contributed by atoms with E-state index in [-0.39, 0.29) is 64.1 Å². The molecule has 1 saturated heterocycles. The zero-order chi connectivity index (χ0) is 4.41. The summed E-state index contributed by atoms with van der Waals surface area (Å²) in [7, 11) is 0. The van der Waals surface area contributed by atoms with E-state index in [0.717, 1.165) is 13.0 Å². The maximum absolute atomic E-state index is 10.1. The predicted molar refractivity (Wildman–Crippen MR) is 22.5 cm³/mol. The summed E-state index contributed by atoms with van der Waals surface area (Å²) in [5.41, 5.74) is 0. The van der Waals surface area contributed by atoms with Crippen LogP contribution in [0.2, 0.25) is 0 Å². The summed E-state index contributed by atoms with van der Waals surface area (Å²) in [5.74, 6) is 0.0787. The van der Waals surface area contributed by atoms with Crippen molar-refractivity contribution in [3.8, 4) is 0 Å². The van der Waals surface area contributed by atoms with Gasteiger partial charge in [0.25, 0.3) is 0 Å². The Kier molecular flexibility index (Phi) is 4.95.